The molecule has 21 heavy (non-hydrogen) atoms. The quantitative estimate of drug-likeness (QED) is 0.841. The Morgan fingerprint density at radius 1 is 1.33 bits per heavy atom. The molecule has 2 heterocycles. The molecule has 1 aliphatic rings. The highest BCUT2D eigenvalue weighted by Gasteiger charge is 2.27. The first kappa shape index (κ1) is 16.5. The maximum atomic E-state index is 8.84. The van der Waals surface area contributed by atoms with Crippen molar-refractivity contribution in [1.82, 2.24) is 4.90 Å². The van der Waals surface area contributed by atoms with Gasteiger partial charge in [0, 0.05) is 17.0 Å². The van der Waals surface area contributed by atoms with Crippen molar-refractivity contribution in [1.29, 1.82) is 0 Å². The van der Waals surface area contributed by atoms with Crippen LogP contribution in [0.2, 0.25) is 0 Å². The van der Waals surface area contributed by atoms with Crippen LogP contribution >= 0.6 is 11.3 Å². The molecule has 116 valence electrons. The summed E-state index contributed by atoms with van der Waals surface area (Å²) in [7, 11) is 0. The molecule has 0 radical (unpaired) electrons. The van der Waals surface area contributed by atoms with E-state index in [4.69, 9.17) is 5.11 Å². The molecule has 1 fully saturated rings. The SMILES string of the molecule is CC(C)(C)C1CCCN(Cc2sccc2C#CCO)CC1. The molecule has 0 spiro atoms. The highest BCUT2D eigenvalue weighted by atomic mass is 32.1. The molecule has 1 atom stereocenters. The van der Waals surface area contributed by atoms with Crippen molar-refractivity contribution in [2.45, 2.75) is 46.6 Å². The van der Waals surface area contributed by atoms with Crippen molar-refractivity contribution in [3.05, 3.63) is 21.9 Å². The fourth-order valence-corrected chi connectivity index (χ4v) is 3.96. The van der Waals surface area contributed by atoms with Crippen LogP contribution in [0.1, 0.15) is 50.5 Å². The Kier molecular flexibility index (Phi) is 5.87. The summed E-state index contributed by atoms with van der Waals surface area (Å²) in [6.45, 7) is 10.4. The summed E-state index contributed by atoms with van der Waals surface area (Å²) >= 11 is 1.78. The summed E-state index contributed by atoms with van der Waals surface area (Å²) in [5, 5.41) is 10.9. The van der Waals surface area contributed by atoms with E-state index in [9.17, 15) is 0 Å². The van der Waals surface area contributed by atoms with Gasteiger partial charge in [-0.2, -0.15) is 0 Å². The smallest absolute Gasteiger partial charge is 0.104 e. The predicted molar refractivity (Wildman–Crippen MR) is 90.4 cm³/mol. The number of hydrogen-bond acceptors (Lipinski definition) is 3. The lowest BCUT2D eigenvalue weighted by Crippen LogP contribution is -2.26. The first-order valence-corrected chi connectivity index (χ1v) is 8.77. The van der Waals surface area contributed by atoms with Gasteiger partial charge in [-0.3, -0.25) is 4.90 Å². The highest BCUT2D eigenvalue weighted by molar-refractivity contribution is 7.10. The molecule has 0 aromatic carbocycles. The summed E-state index contributed by atoms with van der Waals surface area (Å²) in [6.07, 6.45) is 3.94. The topological polar surface area (TPSA) is 23.5 Å². The van der Waals surface area contributed by atoms with Gasteiger partial charge >= 0.3 is 0 Å². The van der Waals surface area contributed by atoms with Gasteiger partial charge in [0.1, 0.15) is 6.61 Å². The monoisotopic (exact) mass is 305 g/mol. The third-order valence-electron chi connectivity index (χ3n) is 4.46. The molecule has 1 aliphatic heterocycles. The minimum absolute atomic E-state index is 0.0632. The second-order valence-corrected chi connectivity index (χ2v) is 7.99. The average molecular weight is 305 g/mol. The van der Waals surface area contributed by atoms with Gasteiger partial charge in [0.25, 0.3) is 0 Å². The Labute approximate surface area is 133 Å². The fraction of sp³-hybridized carbons (Fsp3) is 0.667. The van der Waals surface area contributed by atoms with Gasteiger partial charge in [-0.1, -0.05) is 32.6 Å². The number of likely N-dealkylation sites (tertiary alicyclic amines) is 1. The van der Waals surface area contributed by atoms with Crippen LogP contribution in [-0.2, 0) is 6.54 Å². The number of aliphatic hydroxyl groups excluding tert-OH is 1. The molecule has 1 aromatic rings. The molecular formula is C18H27NOS. The zero-order valence-corrected chi connectivity index (χ0v) is 14.3. The Bertz CT molecular complexity index is 503. The van der Waals surface area contributed by atoms with Crippen molar-refractivity contribution in [2.75, 3.05) is 19.7 Å². The van der Waals surface area contributed by atoms with E-state index < -0.39 is 0 Å². The predicted octanol–water partition coefficient (Wildman–Crippen LogP) is 3.74. The molecule has 1 aromatic heterocycles. The number of rotatable bonds is 2. The van der Waals surface area contributed by atoms with Gasteiger partial charge in [0.05, 0.1) is 0 Å². The summed E-state index contributed by atoms with van der Waals surface area (Å²) in [6, 6.07) is 2.07. The van der Waals surface area contributed by atoms with Crippen molar-refractivity contribution >= 4 is 11.3 Å². The lowest BCUT2D eigenvalue weighted by molar-refractivity contribution is 0.207. The fourth-order valence-electron chi connectivity index (χ4n) is 3.09. The molecule has 2 nitrogen and oxygen atoms in total. The zero-order chi connectivity index (χ0) is 15.3. The van der Waals surface area contributed by atoms with Crippen molar-refractivity contribution in [3.63, 3.8) is 0 Å². The largest absolute Gasteiger partial charge is 0.384 e. The molecular weight excluding hydrogens is 278 g/mol. The lowest BCUT2D eigenvalue weighted by Gasteiger charge is -2.29. The summed E-state index contributed by atoms with van der Waals surface area (Å²) in [5.74, 6) is 6.66. The number of nitrogens with zero attached hydrogens (tertiary/aromatic N) is 1. The van der Waals surface area contributed by atoms with E-state index in [0.717, 1.165) is 18.0 Å². The molecule has 1 saturated heterocycles. The van der Waals surface area contributed by atoms with E-state index in [2.05, 4.69) is 49.0 Å². The van der Waals surface area contributed by atoms with E-state index in [1.165, 1.54) is 37.2 Å². The third kappa shape index (κ3) is 4.85. The molecule has 0 aliphatic carbocycles. The second-order valence-electron chi connectivity index (χ2n) is 6.99. The molecule has 3 heteroatoms. The van der Waals surface area contributed by atoms with E-state index in [0.29, 0.717) is 5.41 Å². The van der Waals surface area contributed by atoms with Crippen molar-refractivity contribution < 1.29 is 5.11 Å². The van der Waals surface area contributed by atoms with Gasteiger partial charge in [-0.25, -0.2) is 0 Å². The van der Waals surface area contributed by atoms with E-state index in [1.54, 1.807) is 11.3 Å². The van der Waals surface area contributed by atoms with Crippen LogP contribution in [0.3, 0.4) is 0 Å². The van der Waals surface area contributed by atoms with Gasteiger partial charge in [-0.05, 0) is 55.1 Å². The van der Waals surface area contributed by atoms with Gasteiger partial charge in [0.15, 0.2) is 0 Å². The molecule has 1 N–H and O–H groups in total. The maximum absolute atomic E-state index is 8.84. The normalized spacial score (nSPS) is 20.7. The summed E-state index contributed by atoms with van der Waals surface area (Å²) in [4.78, 5) is 3.91. The maximum Gasteiger partial charge on any atom is 0.104 e. The number of hydrogen-bond donors (Lipinski definition) is 1. The molecule has 2 rings (SSSR count). The Hall–Kier alpha value is -0.820. The minimum Gasteiger partial charge on any atom is -0.384 e. The van der Waals surface area contributed by atoms with Crippen LogP contribution in [0.5, 0.6) is 0 Å². The van der Waals surface area contributed by atoms with E-state index in [1.807, 2.05) is 0 Å². The van der Waals surface area contributed by atoms with Crippen LogP contribution < -0.4 is 0 Å². The minimum atomic E-state index is -0.0632. The van der Waals surface area contributed by atoms with E-state index >= 15 is 0 Å². The molecule has 0 saturated carbocycles. The number of thiophene rings is 1. The highest BCUT2D eigenvalue weighted by Crippen LogP contribution is 2.34. The molecule has 0 bridgehead atoms. The first-order chi connectivity index (χ1) is 10.0. The van der Waals surface area contributed by atoms with Gasteiger partial charge in [0.2, 0.25) is 0 Å². The van der Waals surface area contributed by atoms with Gasteiger partial charge in [-0.15, -0.1) is 11.3 Å². The second kappa shape index (κ2) is 7.45. The van der Waals surface area contributed by atoms with Crippen LogP contribution in [-0.4, -0.2) is 29.7 Å². The molecule has 1 unspecified atom stereocenters. The zero-order valence-electron chi connectivity index (χ0n) is 13.5. The third-order valence-corrected chi connectivity index (χ3v) is 5.37. The van der Waals surface area contributed by atoms with Gasteiger partial charge < -0.3 is 5.11 Å². The lowest BCUT2D eigenvalue weighted by atomic mass is 9.77. The number of aliphatic hydroxyl groups is 1. The van der Waals surface area contributed by atoms with E-state index in [-0.39, 0.29) is 6.61 Å². The average Bonchev–Trinajstić information content (AvgIpc) is 2.70. The summed E-state index contributed by atoms with van der Waals surface area (Å²) < 4.78 is 0. The van der Waals surface area contributed by atoms with Crippen molar-refractivity contribution in [3.8, 4) is 11.8 Å². The summed E-state index contributed by atoms with van der Waals surface area (Å²) in [5.41, 5.74) is 1.52. The standard InChI is InChI=1S/C18H27NOS/c1-18(2,3)16-7-4-10-19(11-8-16)14-17-15(6-5-12-20)9-13-21-17/h9,13,16,20H,4,7-8,10-12,14H2,1-3H3. The molecule has 0 amide bonds. The Morgan fingerprint density at radius 2 is 2.14 bits per heavy atom. The Balaban J connectivity index is 1.97. The van der Waals surface area contributed by atoms with Crippen LogP contribution in [0.15, 0.2) is 11.4 Å². The van der Waals surface area contributed by atoms with Crippen LogP contribution in [0.4, 0.5) is 0 Å². The van der Waals surface area contributed by atoms with Crippen LogP contribution in [0, 0.1) is 23.2 Å². The van der Waals surface area contributed by atoms with Crippen LogP contribution in [0.25, 0.3) is 0 Å². The van der Waals surface area contributed by atoms with Crippen molar-refractivity contribution in [2.24, 2.45) is 11.3 Å². The Morgan fingerprint density at radius 3 is 2.86 bits per heavy atom. The first-order valence-electron chi connectivity index (χ1n) is 7.89.